The average Bonchev–Trinajstić information content (AvgIpc) is 2.19. The van der Waals surface area contributed by atoms with Crippen LogP contribution >= 0.6 is 0 Å². The van der Waals surface area contributed by atoms with Gasteiger partial charge in [-0.05, 0) is 32.1 Å². The van der Waals surface area contributed by atoms with E-state index in [0.717, 1.165) is 38.5 Å². The normalized spacial score (nSPS) is 34.2. The van der Waals surface area contributed by atoms with Crippen LogP contribution in [0.1, 0.15) is 46.0 Å². The van der Waals surface area contributed by atoms with Crippen molar-refractivity contribution in [1.82, 2.24) is 5.32 Å². The molecule has 1 rings (SSSR count). The van der Waals surface area contributed by atoms with Crippen molar-refractivity contribution in [3.63, 3.8) is 0 Å². The minimum Gasteiger partial charge on any atom is -0.353 e. The molecule has 1 aliphatic rings. The summed E-state index contributed by atoms with van der Waals surface area (Å²) in [5.74, 6) is 0. The molecular weight excluding hydrogens is 166 g/mol. The highest BCUT2D eigenvalue weighted by atomic mass is 16.5. The van der Waals surface area contributed by atoms with Gasteiger partial charge in [0.2, 0.25) is 6.41 Å². The molecular formula is C10H19NO2. The van der Waals surface area contributed by atoms with E-state index in [0.29, 0.717) is 6.10 Å². The quantitative estimate of drug-likeness (QED) is 0.678. The average molecular weight is 185 g/mol. The Hall–Kier alpha value is -0.570. The van der Waals surface area contributed by atoms with Gasteiger partial charge in [0, 0.05) is 0 Å². The predicted molar refractivity (Wildman–Crippen MR) is 51.2 cm³/mol. The molecule has 1 N–H and O–H groups in total. The summed E-state index contributed by atoms with van der Waals surface area (Å²) >= 11 is 0. The molecule has 76 valence electrons. The molecule has 13 heavy (non-hydrogen) atoms. The molecule has 0 aromatic rings. The minimum absolute atomic E-state index is 0.321. The van der Waals surface area contributed by atoms with Gasteiger partial charge in [0.1, 0.15) is 5.72 Å². The maximum absolute atomic E-state index is 10.4. The van der Waals surface area contributed by atoms with Crippen LogP contribution in [0.25, 0.3) is 0 Å². The van der Waals surface area contributed by atoms with E-state index in [9.17, 15) is 4.79 Å². The summed E-state index contributed by atoms with van der Waals surface area (Å²) in [5, 5.41) is 2.81. The highest BCUT2D eigenvalue weighted by molar-refractivity contribution is 5.47. The first-order valence-corrected chi connectivity index (χ1v) is 5.15. The molecule has 3 nitrogen and oxygen atoms in total. The van der Waals surface area contributed by atoms with E-state index in [1.165, 1.54) is 0 Å². The van der Waals surface area contributed by atoms with E-state index in [-0.39, 0.29) is 5.72 Å². The number of hydrogen-bond donors (Lipinski definition) is 1. The van der Waals surface area contributed by atoms with E-state index < -0.39 is 0 Å². The van der Waals surface area contributed by atoms with Gasteiger partial charge in [0.15, 0.2) is 0 Å². The lowest BCUT2D eigenvalue weighted by Crippen LogP contribution is -2.51. The Labute approximate surface area is 79.8 Å². The smallest absolute Gasteiger partial charge is 0.209 e. The Morgan fingerprint density at radius 3 is 2.92 bits per heavy atom. The topological polar surface area (TPSA) is 38.3 Å². The standard InChI is InChI=1S/C10H19NO2/c1-3-9-6-5-7-10(4-2,13-9)11-8-12/h8-9H,3-7H2,1-2H3,(H,11,12). The fourth-order valence-electron chi connectivity index (χ4n) is 1.92. The van der Waals surface area contributed by atoms with Gasteiger partial charge in [-0.1, -0.05) is 13.8 Å². The van der Waals surface area contributed by atoms with Crippen LogP contribution in [0.15, 0.2) is 0 Å². The lowest BCUT2D eigenvalue weighted by molar-refractivity contribution is -0.155. The highest BCUT2D eigenvalue weighted by Gasteiger charge is 2.34. The Kier molecular flexibility index (Phi) is 3.72. The number of carbonyl (C=O) groups excluding carboxylic acids is 1. The second-order valence-electron chi connectivity index (χ2n) is 3.65. The molecule has 2 unspecified atom stereocenters. The molecule has 1 aliphatic heterocycles. The van der Waals surface area contributed by atoms with Gasteiger partial charge in [-0.25, -0.2) is 0 Å². The van der Waals surface area contributed by atoms with Crippen molar-refractivity contribution < 1.29 is 9.53 Å². The third-order valence-corrected chi connectivity index (χ3v) is 2.85. The van der Waals surface area contributed by atoms with Crippen LogP contribution in [0.2, 0.25) is 0 Å². The van der Waals surface area contributed by atoms with Crippen molar-refractivity contribution in [3.8, 4) is 0 Å². The van der Waals surface area contributed by atoms with Gasteiger partial charge in [0.25, 0.3) is 0 Å². The van der Waals surface area contributed by atoms with E-state index in [1.807, 2.05) is 0 Å². The van der Waals surface area contributed by atoms with Crippen LogP contribution in [0.3, 0.4) is 0 Å². The summed E-state index contributed by atoms with van der Waals surface area (Å²) in [6.07, 6.45) is 6.16. The van der Waals surface area contributed by atoms with Crippen molar-refractivity contribution in [2.75, 3.05) is 0 Å². The number of nitrogens with one attached hydrogen (secondary N) is 1. The van der Waals surface area contributed by atoms with Crippen LogP contribution in [-0.4, -0.2) is 18.2 Å². The summed E-state index contributed by atoms with van der Waals surface area (Å²) in [4.78, 5) is 10.4. The Morgan fingerprint density at radius 2 is 2.38 bits per heavy atom. The SMILES string of the molecule is CCC1CCCC(CC)(NC=O)O1. The third-order valence-electron chi connectivity index (χ3n) is 2.85. The Morgan fingerprint density at radius 1 is 1.62 bits per heavy atom. The van der Waals surface area contributed by atoms with Gasteiger partial charge < -0.3 is 10.1 Å². The fourth-order valence-corrected chi connectivity index (χ4v) is 1.92. The predicted octanol–water partition coefficient (Wildman–Crippen LogP) is 1.82. The molecule has 0 saturated carbocycles. The summed E-state index contributed by atoms with van der Waals surface area (Å²) in [6.45, 7) is 4.17. The molecule has 1 heterocycles. The van der Waals surface area contributed by atoms with Gasteiger partial charge in [-0.3, -0.25) is 4.79 Å². The van der Waals surface area contributed by atoms with Crippen molar-refractivity contribution in [2.45, 2.75) is 57.8 Å². The molecule has 0 aromatic carbocycles. The fraction of sp³-hybridized carbons (Fsp3) is 0.900. The molecule has 0 aliphatic carbocycles. The summed E-state index contributed by atoms with van der Waals surface area (Å²) < 4.78 is 5.87. The first kappa shape index (κ1) is 10.5. The second kappa shape index (κ2) is 4.61. The van der Waals surface area contributed by atoms with Crippen molar-refractivity contribution in [1.29, 1.82) is 0 Å². The lowest BCUT2D eigenvalue weighted by Gasteiger charge is -2.40. The molecule has 3 heteroatoms. The van der Waals surface area contributed by atoms with Crippen LogP contribution in [0.5, 0.6) is 0 Å². The zero-order chi connectivity index (χ0) is 9.73. The maximum Gasteiger partial charge on any atom is 0.209 e. The van der Waals surface area contributed by atoms with E-state index >= 15 is 0 Å². The molecule has 1 saturated heterocycles. The van der Waals surface area contributed by atoms with Crippen LogP contribution in [-0.2, 0) is 9.53 Å². The van der Waals surface area contributed by atoms with E-state index in [1.54, 1.807) is 0 Å². The first-order valence-electron chi connectivity index (χ1n) is 5.15. The second-order valence-corrected chi connectivity index (χ2v) is 3.65. The third kappa shape index (κ3) is 2.44. The van der Waals surface area contributed by atoms with Crippen molar-refractivity contribution >= 4 is 6.41 Å². The Bertz CT molecular complexity index is 172. The number of ether oxygens (including phenoxy) is 1. The van der Waals surface area contributed by atoms with E-state index in [2.05, 4.69) is 19.2 Å². The largest absolute Gasteiger partial charge is 0.353 e. The van der Waals surface area contributed by atoms with Crippen LogP contribution < -0.4 is 5.32 Å². The lowest BCUT2D eigenvalue weighted by atomic mass is 9.96. The zero-order valence-corrected chi connectivity index (χ0v) is 8.51. The minimum atomic E-state index is -0.374. The molecule has 0 radical (unpaired) electrons. The number of rotatable bonds is 4. The maximum atomic E-state index is 10.4. The molecule has 1 fully saturated rings. The Balaban J connectivity index is 2.57. The van der Waals surface area contributed by atoms with Gasteiger partial charge in [-0.15, -0.1) is 0 Å². The molecule has 1 amide bonds. The van der Waals surface area contributed by atoms with E-state index in [4.69, 9.17) is 4.74 Å². The van der Waals surface area contributed by atoms with Gasteiger partial charge in [-0.2, -0.15) is 0 Å². The van der Waals surface area contributed by atoms with Gasteiger partial charge >= 0.3 is 0 Å². The van der Waals surface area contributed by atoms with Gasteiger partial charge in [0.05, 0.1) is 6.10 Å². The van der Waals surface area contributed by atoms with Crippen molar-refractivity contribution in [2.24, 2.45) is 0 Å². The summed E-state index contributed by atoms with van der Waals surface area (Å²) in [5.41, 5.74) is -0.374. The van der Waals surface area contributed by atoms with Crippen molar-refractivity contribution in [3.05, 3.63) is 0 Å². The zero-order valence-electron chi connectivity index (χ0n) is 8.51. The van der Waals surface area contributed by atoms with Crippen LogP contribution in [0, 0.1) is 0 Å². The first-order chi connectivity index (χ1) is 6.26. The summed E-state index contributed by atoms with van der Waals surface area (Å²) in [6, 6.07) is 0. The number of amides is 1. The molecule has 2 atom stereocenters. The highest BCUT2D eigenvalue weighted by Crippen LogP contribution is 2.30. The molecule has 0 aromatic heterocycles. The molecule has 0 spiro atoms. The summed E-state index contributed by atoms with van der Waals surface area (Å²) in [7, 11) is 0. The monoisotopic (exact) mass is 185 g/mol. The van der Waals surface area contributed by atoms with Crippen LogP contribution in [0.4, 0.5) is 0 Å². The molecule has 0 bridgehead atoms. The number of hydrogen-bond acceptors (Lipinski definition) is 2. The number of carbonyl (C=O) groups is 1.